The highest BCUT2D eigenvalue weighted by molar-refractivity contribution is 7.91. The molecule has 10 heteroatoms. The molecular weight excluding hydrogens is 394 g/mol. The number of nitrogens with two attached hydrogens (primary N) is 1. The minimum Gasteiger partial charge on any atom is -0.367 e. The number of anilines is 1. The number of sulfone groups is 1. The van der Waals surface area contributed by atoms with Gasteiger partial charge in [-0.2, -0.15) is 0 Å². The molecule has 1 heterocycles. The van der Waals surface area contributed by atoms with Crippen LogP contribution in [0.3, 0.4) is 0 Å². The van der Waals surface area contributed by atoms with Crippen LogP contribution in [0.4, 0.5) is 5.69 Å². The first kappa shape index (κ1) is 18.8. The van der Waals surface area contributed by atoms with E-state index in [9.17, 15) is 16.8 Å². The molecule has 26 heavy (non-hydrogen) atoms. The van der Waals surface area contributed by atoms with E-state index in [0.29, 0.717) is 12.2 Å². The smallest absolute Gasteiger partial charge is 0.238 e. The minimum atomic E-state index is -4.00. The highest BCUT2D eigenvalue weighted by atomic mass is 32.2. The molecule has 0 fully saturated rings. The van der Waals surface area contributed by atoms with Gasteiger partial charge in [0.25, 0.3) is 0 Å². The van der Waals surface area contributed by atoms with Gasteiger partial charge in [-0.1, -0.05) is 12.1 Å². The number of primary sulfonamides is 1. The Bertz CT molecular complexity index is 1150. The zero-order chi connectivity index (χ0) is 19.1. The summed E-state index contributed by atoms with van der Waals surface area (Å²) >= 11 is 1.52. The monoisotopic (exact) mass is 411 g/mol. The summed E-state index contributed by atoms with van der Waals surface area (Å²) in [7, 11) is -5.93. The van der Waals surface area contributed by atoms with E-state index in [1.54, 1.807) is 11.9 Å². The fraction of sp³-hybridized carbons (Fsp3) is 0.188. The quantitative estimate of drug-likeness (QED) is 0.687. The van der Waals surface area contributed by atoms with Crippen molar-refractivity contribution in [3.05, 3.63) is 47.5 Å². The maximum atomic E-state index is 12.2. The summed E-state index contributed by atoms with van der Waals surface area (Å²) < 4.78 is 48.4. The van der Waals surface area contributed by atoms with Crippen LogP contribution in [0.25, 0.3) is 10.2 Å². The van der Waals surface area contributed by atoms with E-state index in [-0.39, 0.29) is 9.79 Å². The van der Waals surface area contributed by atoms with Gasteiger partial charge < -0.3 is 4.90 Å². The Morgan fingerprint density at radius 3 is 2.42 bits per heavy atom. The summed E-state index contributed by atoms with van der Waals surface area (Å²) in [6.45, 7) is 0.386. The molecule has 0 spiro atoms. The summed E-state index contributed by atoms with van der Waals surface area (Å²) in [5, 5.41) is 5.94. The second-order valence-corrected chi connectivity index (χ2v) is 10.5. The normalized spacial score (nSPS) is 12.4. The van der Waals surface area contributed by atoms with E-state index in [4.69, 9.17) is 5.14 Å². The lowest BCUT2D eigenvalue weighted by atomic mass is 10.3. The second kappa shape index (κ2) is 6.62. The fourth-order valence-corrected chi connectivity index (χ4v) is 5.14. The number of nitrogens with zero attached hydrogens (tertiary/aromatic N) is 2. The van der Waals surface area contributed by atoms with E-state index in [1.165, 1.54) is 23.5 Å². The average Bonchev–Trinajstić information content (AvgIpc) is 2.94. The molecule has 138 valence electrons. The molecule has 0 saturated heterocycles. The van der Waals surface area contributed by atoms with Gasteiger partial charge >= 0.3 is 0 Å². The maximum Gasteiger partial charge on any atom is 0.238 e. The van der Waals surface area contributed by atoms with Gasteiger partial charge in [0.1, 0.15) is 5.01 Å². The molecule has 0 aliphatic heterocycles. The molecular formula is C16H17N3O4S3. The van der Waals surface area contributed by atoms with Gasteiger partial charge in [0.05, 0.1) is 32.2 Å². The number of hydrogen-bond donors (Lipinski definition) is 1. The van der Waals surface area contributed by atoms with Crippen LogP contribution in [-0.2, 0) is 26.4 Å². The third-order valence-corrected chi connectivity index (χ3v) is 6.84. The van der Waals surface area contributed by atoms with E-state index >= 15 is 0 Å². The zero-order valence-corrected chi connectivity index (χ0v) is 16.5. The van der Waals surface area contributed by atoms with Gasteiger partial charge in [-0.05, 0) is 30.3 Å². The van der Waals surface area contributed by atoms with Gasteiger partial charge in [-0.3, -0.25) is 0 Å². The van der Waals surface area contributed by atoms with Crippen LogP contribution in [0.1, 0.15) is 5.01 Å². The van der Waals surface area contributed by atoms with Crippen molar-refractivity contribution in [2.45, 2.75) is 16.3 Å². The molecule has 3 aromatic rings. The number of thiazole rings is 1. The summed E-state index contributed by atoms with van der Waals surface area (Å²) in [4.78, 5) is 5.93. The molecule has 0 unspecified atom stereocenters. The molecule has 0 bridgehead atoms. The highest BCUT2D eigenvalue weighted by Gasteiger charge is 2.21. The van der Waals surface area contributed by atoms with E-state index in [0.717, 1.165) is 27.5 Å². The van der Waals surface area contributed by atoms with E-state index in [2.05, 4.69) is 4.98 Å². The number of aromatic nitrogens is 1. The van der Waals surface area contributed by atoms with Gasteiger partial charge in [0.2, 0.25) is 10.0 Å². The Morgan fingerprint density at radius 2 is 1.81 bits per heavy atom. The second-order valence-electron chi connectivity index (χ2n) is 5.88. The van der Waals surface area contributed by atoms with Crippen molar-refractivity contribution in [3.8, 4) is 0 Å². The zero-order valence-electron chi connectivity index (χ0n) is 14.1. The van der Waals surface area contributed by atoms with Crippen LogP contribution in [0.5, 0.6) is 0 Å². The SMILES string of the molecule is CN(Cc1nc2ccccc2s1)c1ccc(S(N)(=O)=O)cc1S(C)(=O)=O. The van der Waals surface area contributed by atoms with Gasteiger partial charge in [-0.25, -0.2) is 27.0 Å². The topological polar surface area (TPSA) is 110 Å². The van der Waals surface area contributed by atoms with Crippen molar-refractivity contribution in [2.75, 3.05) is 18.2 Å². The van der Waals surface area contributed by atoms with E-state index in [1.807, 2.05) is 24.3 Å². The Morgan fingerprint density at radius 1 is 1.12 bits per heavy atom. The number of rotatable bonds is 5. The molecule has 0 aliphatic rings. The van der Waals surface area contributed by atoms with Gasteiger partial charge in [0.15, 0.2) is 9.84 Å². The van der Waals surface area contributed by atoms with Gasteiger partial charge in [0, 0.05) is 13.3 Å². The predicted molar refractivity (Wildman–Crippen MR) is 103 cm³/mol. The van der Waals surface area contributed by atoms with Crippen molar-refractivity contribution < 1.29 is 16.8 Å². The lowest BCUT2D eigenvalue weighted by molar-refractivity contribution is 0.597. The minimum absolute atomic E-state index is 0.0902. The molecule has 2 N–H and O–H groups in total. The van der Waals surface area contributed by atoms with Crippen LogP contribution in [0.15, 0.2) is 52.3 Å². The first-order valence-electron chi connectivity index (χ1n) is 7.48. The Hall–Kier alpha value is -2.01. The van der Waals surface area contributed by atoms with Crippen molar-refractivity contribution in [1.82, 2.24) is 4.98 Å². The number of para-hydroxylation sites is 1. The number of sulfonamides is 1. The highest BCUT2D eigenvalue weighted by Crippen LogP contribution is 2.30. The predicted octanol–water partition coefficient (Wildman–Crippen LogP) is 1.98. The fourth-order valence-electron chi connectivity index (χ4n) is 2.56. The molecule has 3 rings (SSSR count). The number of benzene rings is 2. The summed E-state index contributed by atoms with van der Waals surface area (Å²) in [6.07, 6.45) is 1.03. The Balaban J connectivity index is 2.01. The largest absolute Gasteiger partial charge is 0.367 e. The standard InChI is InChI=1S/C16H17N3O4S3/c1-19(10-16-18-12-5-3-4-6-14(12)24-16)13-8-7-11(26(17,22)23)9-15(13)25(2,20)21/h3-9H,10H2,1-2H3,(H2,17,22,23). The molecule has 0 aliphatic carbocycles. The van der Waals surface area contributed by atoms with Crippen LogP contribution in [0.2, 0.25) is 0 Å². The Labute approximate surface area is 156 Å². The molecule has 0 radical (unpaired) electrons. The van der Waals surface area contributed by atoms with Crippen molar-refractivity contribution in [2.24, 2.45) is 5.14 Å². The molecule has 0 saturated carbocycles. The summed E-state index contributed by atoms with van der Waals surface area (Å²) in [5.41, 5.74) is 1.27. The maximum absolute atomic E-state index is 12.2. The van der Waals surface area contributed by atoms with Gasteiger partial charge in [-0.15, -0.1) is 11.3 Å². The number of fused-ring (bicyclic) bond motifs is 1. The van der Waals surface area contributed by atoms with Crippen molar-refractivity contribution in [3.63, 3.8) is 0 Å². The summed E-state index contributed by atoms with van der Waals surface area (Å²) in [5.74, 6) is 0. The van der Waals surface area contributed by atoms with Crippen LogP contribution in [0, 0.1) is 0 Å². The Kier molecular flexibility index (Phi) is 4.78. The summed E-state index contributed by atoms with van der Waals surface area (Å²) in [6, 6.07) is 11.6. The number of hydrogen-bond acceptors (Lipinski definition) is 7. The molecule has 7 nitrogen and oxygen atoms in total. The van der Waals surface area contributed by atoms with Crippen LogP contribution in [-0.4, -0.2) is 35.1 Å². The van der Waals surface area contributed by atoms with Crippen LogP contribution >= 0.6 is 11.3 Å². The lowest BCUT2D eigenvalue weighted by Crippen LogP contribution is -2.20. The molecule has 1 aromatic heterocycles. The third kappa shape index (κ3) is 3.88. The molecule has 0 atom stereocenters. The first-order valence-corrected chi connectivity index (χ1v) is 11.7. The van der Waals surface area contributed by atoms with Crippen molar-refractivity contribution in [1.29, 1.82) is 0 Å². The van der Waals surface area contributed by atoms with Crippen molar-refractivity contribution >= 4 is 47.1 Å². The third-order valence-electron chi connectivity index (χ3n) is 3.78. The molecule has 2 aromatic carbocycles. The van der Waals surface area contributed by atoms with E-state index < -0.39 is 19.9 Å². The lowest BCUT2D eigenvalue weighted by Gasteiger charge is -2.21. The first-order chi connectivity index (χ1) is 12.1. The van der Waals surface area contributed by atoms with Crippen LogP contribution < -0.4 is 10.0 Å². The average molecular weight is 412 g/mol. The molecule has 0 amide bonds.